The lowest BCUT2D eigenvalue weighted by Gasteiger charge is -2.04. The Labute approximate surface area is 159 Å². The van der Waals surface area contributed by atoms with E-state index in [1.165, 1.54) is 0 Å². The normalized spacial score (nSPS) is 10.5. The van der Waals surface area contributed by atoms with E-state index in [4.69, 9.17) is 4.74 Å². The van der Waals surface area contributed by atoms with Crippen LogP contribution < -0.4 is 10.1 Å². The number of carbonyl (C=O) groups excluding carboxylic acids is 1. The molecule has 0 bridgehead atoms. The van der Waals surface area contributed by atoms with E-state index >= 15 is 0 Å². The highest BCUT2D eigenvalue weighted by Gasteiger charge is 2.07. The Morgan fingerprint density at radius 2 is 1.88 bits per heavy atom. The van der Waals surface area contributed by atoms with Crippen LogP contribution in [0.2, 0.25) is 0 Å². The molecular weight excluding hydrogens is 400 g/mol. The van der Waals surface area contributed by atoms with Gasteiger partial charge in [0.1, 0.15) is 5.75 Å². The molecule has 0 spiro atoms. The van der Waals surface area contributed by atoms with Crippen molar-refractivity contribution >= 4 is 33.2 Å². The zero-order chi connectivity index (χ0) is 17.6. The summed E-state index contributed by atoms with van der Waals surface area (Å²) < 4.78 is 6.12. The lowest BCUT2D eigenvalue weighted by molar-refractivity contribution is 0.0954. The van der Waals surface area contributed by atoms with Gasteiger partial charge in [0.25, 0.3) is 5.91 Å². The Morgan fingerprint density at radius 3 is 2.56 bits per heavy atom. The molecule has 1 amide bonds. The van der Waals surface area contributed by atoms with Crippen LogP contribution in [0.25, 0.3) is 11.3 Å². The number of hydrogen-bond acceptors (Lipinski definition) is 4. The molecule has 4 nitrogen and oxygen atoms in total. The maximum Gasteiger partial charge on any atom is 0.251 e. The summed E-state index contributed by atoms with van der Waals surface area (Å²) in [5.74, 6) is 0.759. The van der Waals surface area contributed by atoms with Crippen LogP contribution in [0.1, 0.15) is 15.4 Å². The summed E-state index contributed by atoms with van der Waals surface area (Å²) in [6.07, 6.45) is 0.711. The van der Waals surface area contributed by atoms with Crippen LogP contribution >= 0.6 is 27.3 Å². The molecule has 0 atom stereocenters. The van der Waals surface area contributed by atoms with Crippen LogP contribution in [0.4, 0.5) is 0 Å². The summed E-state index contributed by atoms with van der Waals surface area (Å²) in [6, 6.07) is 15.1. The van der Waals surface area contributed by atoms with E-state index in [0.717, 1.165) is 26.5 Å². The van der Waals surface area contributed by atoms with Gasteiger partial charge in [-0.15, -0.1) is 11.3 Å². The molecule has 3 aromatic rings. The van der Waals surface area contributed by atoms with Gasteiger partial charge in [0, 0.05) is 33.9 Å². The quantitative estimate of drug-likeness (QED) is 0.640. The highest BCUT2D eigenvalue weighted by atomic mass is 79.9. The summed E-state index contributed by atoms with van der Waals surface area (Å²) in [5, 5.41) is 5.96. The van der Waals surface area contributed by atoms with Gasteiger partial charge < -0.3 is 10.1 Å². The van der Waals surface area contributed by atoms with E-state index < -0.39 is 0 Å². The third-order valence-electron chi connectivity index (χ3n) is 3.67. The lowest BCUT2D eigenvalue weighted by atomic mass is 10.2. The first-order valence-corrected chi connectivity index (χ1v) is 9.45. The number of thiazole rings is 1. The number of hydrogen-bond donors (Lipinski definition) is 1. The lowest BCUT2D eigenvalue weighted by Crippen LogP contribution is -2.25. The maximum absolute atomic E-state index is 12.1. The van der Waals surface area contributed by atoms with Crippen molar-refractivity contribution in [1.29, 1.82) is 0 Å². The minimum absolute atomic E-state index is 0.0700. The summed E-state index contributed by atoms with van der Waals surface area (Å²) >= 11 is 4.97. The second kappa shape index (κ2) is 8.27. The van der Waals surface area contributed by atoms with Gasteiger partial charge in [0.2, 0.25) is 0 Å². The molecule has 0 aliphatic carbocycles. The first kappa shape index (κ1) is 17.6. The number of rotatable bonds is 6. The summed E-state index contributed by atoms with van der Waals surface area (Å²) in [5.41, 5.74) is 2.66. The zero-order valence-corrected chi connectivity index (χ0v) is 16.1. The molecule has 0 aliphatic heterocycles. The van der Waals surface area contributed by atoms with E-state index in [0.29, 0.717) is 18.5 Å². The number of benzene rings is 2. The van der Waals surface area contributed by atoms with Gasteiger partial charge in [-0.1, -0.05) is 15.9 Å². The van der Waals surface area contributed by atoms with Crippen molar-refractivity contribution in [3.05, 3.63) is 69.0 Å². The highest BCUT2D eigenvalue weighted by Crippen LogP contribution is 2.24. The molecule has 128 valence electrons. The number of ether oxygens (including phenoxy) is 1. The molecule has 0 aliphatic rings. The second-order valence-corrected chi connectivity index (χ2v) is 7.23. The highest BCUT2D eigenvalue weighted by molar-refractivity contribution is 9.10. The Morgan fingerprint density at radius 1 is 1.16 bits per heavy atom. The summed E-state index contributed by atoms with van der Waals surface area (Å²) in [4.78, 5) is 16.7. The van der Waals surface area contributed by atoms with Crippen LogP contribution in [-0.4, -0.2) is 24.5 Å². The van der Waals surface area contributed by atoms with Crippen molar-refractivity contribution in [1.82, 2.24) is 10.3 Å². The van der Waals surface area contributed by atoms with E-state index in [1.54, 1.807) is 30.6 Å². The van der Waals surface area contributed by atoms with Crippen LogP contribution in [0, 0.1) is 0 Å². The molecule has 1 heterocycles. The number of carbonyl (C=O) groups is 1. The van der Waals surface area contributed by atoms with Gasteiger partial charge in [0.05, 0.1) is 17.8 Å². The third kappa shape index (κ3) is 4.67. The van der Waals surface area contributed by atoms with Gasteiger partial charge in [-0.25, -0.2) is 4.98 Å². The topological polar surface area (TPSA) is 51.2 Å². The molecule has 0 fully saturated rings. The van der Waals surface area contributed by atoms with Crippen LogP contribution in [0.5, 0.6) is 5.75 Å². The molecule has 1 N–H and O–H groups in total. The van der Waals surface area contributed by atoms with Gasteiger partial charge >= 0.3 is 0 Å². The molecule has 6 heteroatoms. The number of nitrogens with one attached hydrogen (secondary N) is 1. The third-order valence-corrected chi connectivity index (χ3v) is 5.11. The van der Waals surface area contributed by atoms with Crippen LogP contribution in [0.3, 0.4) is 0 Å². The largest absolute Gasteiger partial charge is 0.497 e. The van der Waals surface area contributed by atoms with E-state index in [-0.39, 0.29) is 5.91 Å². The van der Waals surface area contributed by atoms with Crippen molar-refractivity contribution < 1.29 is 9.53 Å². The molecule has 2 aromatic carbocycles. The second-order valence-electron chi connectivity index (χ2n) is 5.37. The Balaban J connectivity index is 1.54. The maximum atomic E-state index is 12.1. The number of amides is 1. The molecule has 25 heavy (non-hydrogen) atoms. The number of aromatic nitrogens is 1. The molecule has 0 saturated carbocycles. The van der Waals surface area contributed by atoms with E-state index in [2.05, 4.69) is 26.2 Å². The molecule has 0 saturated heterocycles. The fraction of sp³-hybridized carbons (Fsp3) is 0.158. The number of methoxy groups -OCH3 is 1. The van der Waals surface area contributed by atoms with Gasteiger partial charge in [-0.3, -0.25) is 4.79 Å². The zero-order valence-electron chi connectivity index (χ0n) is 13.7. The first-order valence-electron chi connectivity index (χ1n) is 7.78. The number of halogens is 1. The molecule has 1 aromatic heterocycles. The Bertz CT molecular complexity index is 845. The average Bonchev–Trinajstić information content (AvgIpc) is 3.11. The fourth-order valence-electron chi connectivity index (χ4n) is 2.31. The van der Waals surface area contributed by atoms with Crippen molar-refractivity contribution in [3.8, 4) is 17.0 Å². The van der Waals surface area contributed by atoms with Crippen molar-refractivity contribution in [2.24, 2.45) is 0 Å². The molecule has 0 unspecified atom stereocenters. The molecule has 3 rings (SSSR count). The Kier molecular flexibility index (Phi) is 5.83. The minimum atomic E-state index is -0.0700. The van der Waals surface area contributed by atoms with Gasteiger partial charge in [-0.05, 0) is 48.5 Å². The fourth-order valence-corrected chi connectivity index (χ4v) is 3.38. The average molecular weight is 417 g/mol. The van der Waals surface area contributed by atoms with Crippen molar-refractivity contribution in [2.45, 2.75) is 6.42 Å². The van der Waals surface area contributed by atoms with E-state index in [9.17, 15) is 4.79 Å². The smallest absolute Gasteiger partial charge is 0.251 e. The summed E-state index contributed by atoms with van der Waals surface area (Å²) in [7, 11) is 1.65. The standard InChI is InChI=1S/C19H17BrN2O2S/c1-24-16-8-4-13(5-9-16)17-12-25-18(22-17)10-11-21-19(23)14-2-6-15(20)7-3-14/h2-9,12H,10-11H2,1H3,(H,21,23). The van der Waals surface area contributed by atoms with Crippen LogP contribution in [0.15, 0.2) is 58.4 Å². The monoisotopic (exact) mass is 416 g/mol. The molecule has 0 radical (unpaired) electrons. The number of nitrogens with zero attached hydrogens (tertiary/aromatic N) is 1. The predicted molar refractivity (Wildman–Crippen MR) is 104 cm³/mol. The predicted octanol–water partition coefficient (Wildman–Crippen LogP) is 4.55. The SMILES string of the molecule is COc1ccc(-c2csc(CCNC(=O)c3ccc(Br)cc3)n2)cc1. The van der Waals surface area contributed by atoms with E-state index in [1.807, 2.05) is 41.8 Å². The molecular formula is C19H17BrN2O2S. The van der Waals surface area contributed by atoms with Crippen LogP contribution in [-0.2, 0) is 6.42 Å². The Hall–Kier alpha value is -2.18. The minimum Gasteiger partial charge on any atom is -0.497 e. The first-order chi connectivity index (χ1) is 12.2. The summed E-state index contributed by atoms with van der Waals surface area (Å²) in [6.45, 7) is 0.560. The van der Waals surface area contributed by atoms with Crippen molar-refractivity contribution in [3.63, 3.8) is 0 Å². The van der Waals surface area contributed by atoms with Gasteiger partial charge in [0.15, 0.2) is 0 Å². The van der Waals surface area contributed by atoms with Crippen molar-refractivity contribution in [2.75, 3.05) is 13.7 Å². The van der Waals surface area contributed by atoms with Gasteiger partial charge in [-0.2, -0.15) is 0 Å².